The van der Waals surface area contributed by atoms with E-state index in [1.54, 1.807) is 30.3 Å². The summed E-state index contributed by atoms with van der Waals surface area (Å²) < 4.78 is 5.59. The highest BCUT2D eigenvalue weighted by Crippen LogP contribution is 2.24. The summed E-state index contributed by atoms with van der Waals surface area (Å²) in [4.78, 5) is 11.2. The number of para-hydroxylation sites is 1. The summed E-state index contributed by atoms with van der Waals surface area (Å²) >= 11 is 11.8. The minimum absolute atomic E-state index is 0.271. The molecule has 6 heteroatoms. The number of ether oxygens (including phenoxy) is 1. The largest absolute Gasteiger partial charge is 0.493 e. The molecule has 2 aromatic carbocycles. The molecule has 2 aromatic rings. The van der Waals surface area contributed by atoms with Crippen LogP contribution in [0.5, 0.6) is 5.75 Å². The third-order valence-corrected chi connectivity index (χ3v) is 3.67. The lowest BCUT2D eigenvalue weighted by Gasteiger charge is -2.13. The van der Waals surface area contributed by atoms with E-state index in [9.17, 15) is 9.90 Å². The number of hydrogen-bond donors (Lipinski definition) is 2. The highest BCUT2D eigenvalue weighted by molar-refractivity contribution is 6.34. The van der Waals surface area contributed by atoms with Gasteiger partial charge < -0.3 is 15.2 Å². The van der Waals surface area contributed by atoms with Crippen molar-refractivity contribution < 1.29 is 14.6 Å². The minimum atomic E-state index is -0.944. The van der Waals surface area contributed by atoms with Gasteiger partial charge in [-0.15, -0.1) is 0 Å². The number of anilines is 1. The van der Waals surface area contributed by atoms with Crippen molar-refractivity contribution in [1.82, 2.24) is 0 Å². The van der Waals surface area contributed by atoms with E-state index in [-0.39, 0.29) is 5.56 Å². The van der Waals surface area contributed by atoms with Gasteiger partial charge in [0, 0.05) is 16.6 Å². The topological polar surface area (TPSA) is 58.6 Å². The average molecular weight is 354 g/mol. The van der Waals surface area contributed by atoms with Gasteiger partial charge in [0.15, 0.2) is 0 Å². The number of aryl methyl sites for hydroxylation is 1. The van der Waals surface area contributed by atoms with Crippen molar-refractivity contribution in [3.63, 3.8) is 0 Å². The third-order valence-electron chi connectivity index (χ3n) is 3.23. The van der Waals surface area contributed by atoms with Gasteiger partial charge in [-0.25, -0.2) is 4.79 Å². The summed E-state index contributed by atoms with van der Waals surface area (Å²) in [5.74, 6) is -0.328. The van der Waals surface area contributed by atoms with Gasteiger partial charge in [-0.1, -0.05) is 35.3 Å². The second-order valence-electron chi connectivity index (χ2n) is 5.04. The van der Waals surface area contributed by atoms with E-state index >= 15 is 0 Å². The van der Waals surface area contributed by atoms with Crippen LogP contribution in [0.25, 0.3) is 0 Å². The van der Waals surface area contributed by atoms with Gasteiger partial charge >= 0.3 is 5.97 Å². The van der Waals surface area contributed by atoms with Gasteiger partial charge in [0.1, 0.15) is 5.75 Å². The molecule has 0 aliphatic rings. The van der Waals surface area contributed by atoms with Crippen molar-refractivity contribution in [2.45, 2.75) is 13.3 Å². The third kappa shape index (κ3) is 5.05. The Labute approximate surface area is 145 Å². The highest BCUT2D eigenvalue weighted by atomic mass is 35.5. The van der Waals surface area contributed by atoms with Gasteiger partial charge in [-0.05, 0) is 43.2 Å². The van der Waals surface area contributed by atoms with Crippen molar-refractivity contribution in [2.75, 3.05) is 18.5 Å². The van der Waals surface area contributed by atoms with Crippen LogP contribution in [0.15, 0.2) is 36.4 Å². The second kappa shape index (κ2) is 8.09. The molecule has 0 amide bonds. The molecule has 122 valence electrons. The smallest absolute Gasteiger partial charge is 0.337 e. The van der Waals surface area contributed by atoms with Crippen LogP contribution in [0.1, 0.15) is 22.3 Å². The first kappa shape index (κ1) is 17.4. The Morgan fingerprint density at radius 2 is 1.91 bits per heavy atom. The van der Waals surface area contributed by atoms with E-state index in [1.807, 2.05) is 13.0 Å². The van der Waals surface area contributed by atoms with E-state index < -0.39 is 5.97 Å². The SMILES string of the molecule is Cc1cccc(C(=O)O)c1NCCCOc1cc(Cl)cc(Cl)c1. The number of halogens is 2. The maximum absolute atomic E-state index is 11.2. The Kier molecular flexibility index (Phi) is 6.13. The van der Waals surface area contributed by atoms with E-state index in [0.717, 1.165) is 5.56 Å². The standard InChI is InChI=1S/C17H17Cl2NO3/c1-11-4-2-5-15(17(21)22)16(11)20-6-3-7-23-14-9-12(18)8-13(19)10-14/h2,4-5,8-10,20H,3,6-7H2,1H3,(H,21,22). The lowest BCUT2D eigenvalue weighted by molar-refractivity contribution is 0.0698. The van der Waals surface area contributed by atoms with Gasteiger partial charge in [0.25, 0.3) is 0 Å². The predicted octanol–water partition coefficient (Wildman–Crippen LogP) is 4.88. The number of aromatic carboxylic acids is 1. The normalized spacial score (nSPS) is 10.4. The lowest BCUT2D eigenvalue weighted by atomic mass is 10.1. The fourth-order valence-electron chi connectivity index (χ4n) is 2.17. The summed E-state index contributed by atoms with van der Waals surface area (Å²) in [6.07, 6.45) is 0.706. The van der Waals surface area contributed by atoms with Gasteiger partial charge in [-0.3, -0.25) is 0 Å². The Hall–Kier alpha value is -1.91. The van der Waals surface area contributed by atoms with Crippen LogP contribution in [0.2, 0.25) is 10.0 Å². The zero-order valence-electron chi connectivity index (χ0n) is 12.6. The molecular weight excluding hydrogens is 337 g/mol. The maximum atomic E-state index is 11.2. The minimum Gasteiger partial charge on any atom is -0.493 e. The van der Waals surface area contributed by atoms with Crippen molar-refractivity contribution in [3.8, 4) is 5.75 Å². The number of nitrogens with one attached hydrogen (secondary N) is 1. The molecule has 4 nitrogen and oxygen atoms in total. The second-order valence-corrected chi connectivity index (χ2v) is 5.91. The first-order valence-electron chi connectivity index (χ1n) is 7.13. The van der Waals surface area contributed by atoms with E-state index in [1.165, 1.54) is 0 Å². The van der Waals surface area contributed by atoms with Gasteiger partial charge in [-0.2, -0.15) is 0 Å². The fraction of sp³-hybridized carbons (Fsp3) is 0.235. The van der Waals surface area contributed by atoms with Crippen LogP contribution in [-0.4, -0.2) is 24.2 Å². The fourth-order valence-corrected chi connectivity index (χ4v) is 2.67. The monoisotopic (exact) mass is 353 g/mol. The van der Waals surface area contributed by atoms with Crippen LogP contribution in [0.4, 0.5) is 5.69 Å². The molecule has 0 bridgehead atoms. The number of hydrogen-bond acceptors (Lipinski definition) is 3. The van der Waals surface area contributed by atoms with Crippen LogP contribution < -0.4 is 10.1 Å². The number of benzene rings is 2. The summed E-state index contributed by atoms with van der Waals surface area (Å²) in [5.41, 5.74) is 1.81. The molecule has 0 aliphatic heterocycles. The molecular formula is C17H17Cl2NO3. The van der Waals surface area contributed by atoms with E-state index in [4.69, 9.17) is 27.9 Å². The van der Waals surface area contributed by atoms with E-state index in [0.29, 0.717) is 41.1 Å². The van der Waals surface area contributed by atoms with Gasteiger partial charge in [0.2, 0.25) is 0 Å². The summed E-state index contributed by atoms with van der Waals surface area (Å²) in [5, 5.41) is 13.4. The molecule has 0 aromatic heterocycles. The molecule has 0 saturated carbocycles. The first-order valence-corrected chi connectivity index (χ1v) is 7.88. The molecule has 0 saturated heterocycles. The molecule has 2 N–H and O–H groups in total. The quantitative estimate of drug-likeness (QED) is 0.696. The van der Waals surface area contributed by atoms with Crippen molar-refractivity contribution >= 4 is 34.9 Å². The zero-order chi connectivity index (χ0) is 16.8. The molecule has 0 unspecified atom stereocenters. The summed E-state index contributed by atoms with van der Waals surface area (Å²) in [6, 6.07) is 10.2. The Morgan fingerprint density at radius 1 is 1.22 bits per heavy atom. The molecule has 0 fully saturated rings. The van der Waals surface area contributed by atoms with Crippen molar-refractivity contribution in [1.29, 1.82) is 0 Å². The van der Waals surface area contributed by atoms with Crippen LogP contribution in [0, 0.1) is 6.92 Å². The first-order chi connectivity index (χ1) is 11.0. The Balaban J connectivity index is 1.85. The number of carbonyl (C=O) groups is 1. The van der Waals surface area contributed by atoms with Crippen LogP contribution in [0.3, 0.4) is 0 Å². The molecule has 23 heavy (non-hydrogen) atoms. The summed E-state index contributed by atoms with van der Waals surface area (Å²) in [6.45, 7) is 2.94. The Morgan fingerprint density at radius 3 is 2.57 bits per heavy atom. The lowest BCUT2D eigenvalue weighted by Crippen LogP contribution is -2.11. The number of carboxylic acids is 1. The van der Waals surface area contributed by atoms with E-state index in [2.05, 4.69) is 5.32 Å². The molecule has 0 atom stereocenters. The summed E-state index contributed by atoms with van der Waals surface area (Å²) in [7, 11) is 0. The average Bonchev–Trinajstić information content (AvgIpc) is 2.47. The maximum Gasteiger partial charge on any atom is 0.337 e. The molecule has 0 radical (unpaired) electrons. The predicted molar refractivity (Wildman–Crippen MR) is 93.2 cm³/mol. The van der Waals surface area contributed by atoms with Crippen molar-refractivity contribution in [3.05, 3.63) is 57.6 Å². The number of carboxylic acid groups (broad SMARTS) is 1. The molecule has 2 rings (SSSR count). The number of rotatable bonds is 7. The zero-order valence-corrected chi connectivity index (χ0v) is 14.1. The molecule has 0 aliphatic carbocycles. The molecule has 0 spiro atoms. The highest BCUT2D eigenvalue weighted by Gasteiger charge is 2.11. The van der Waals surface area contributed by atoms with Gasteiger partial charge in [0.05, 0.1) is 17.9 Å². The van der Waals surface area contributed by atoms with Crippen LogP contribution >= 0.6 is 23.2 Å². The molecule has 0 heterocycles. The van der Waals surface area contributed by atoms with Crippen LogP contribution in [-0.2, 0) is 0 Å². The Bertz CT molecular complexity index is 684. The van der Waals surface area contributed by atoms with Crippen molar-refractivity contribution in [2.24, 2.45) is 0 Å².